The molecule has 1 aromatic carbocycles. The highest BCUT2D eigenvalue weighted by atomic mass is 16.4. The van der Waals surface area contributed by atoms with Crippen LogP contribution in [-0.4, -0.2) is 11.1 Å². The molecule has 0 atom stereocenters. The Morgan fingerprint density at radius 1 is 1.50 bits per heavy atom. The van der Waals surface area contributed by atoms with Crippen molar-refractivity contribution < 1.29 is 4.42 Å². The second kappa shape index (κ2) is 3.31. The van der Waals surface area contributed by atoms with Crippen LogP contribution in [0.1, 0.15) is 5.56 Å². The van der Waals surface area contributed by atoms with Gasteiger partial charge in [0, 0.05) is 7.05 Å². The summed E-state index contributed by atoms with van der Waals surface area (Å²) in [5, 5.41) is 0. The highest BCUT2D eigenvalue weighted by Gasteiger charge is 2.05. The van der Waals surface area contributed by atoms with Gasteiger partial charge in [-0.3, -0.25) is 4.57 Å². The van der Waals surface area contributed by atoms with Gasteiger partial charge in [-0.2, -0.15) is 0 Å². The van der Waals surface area contributed by atoms with Crippen LogP contribution < -0.4 is 11.5 Å². The number of aromatic nitrogens is 1. The molecule has 2 aromatic rings. The molecule has 0 aliphatic heterocycles. The van der Waals surface area contributed by atoms with Gasteiger partial charge in [-0.15, -0.1) is 0 Å². The Balaban J connectivity index is 2.61. The largest absolute Gasteiger partial charge is 0.419 e. The van der Waals surface area contributed by atoms with Gasteiger partial charge >= 0.3 is 5.76 Å². The van der Waals surface area contributed by atoms with Gasteiger partial charge in [-0.1, -0.05) is 6.07 Å². The molecule has 4 nitrogen and oxygen atoms in total. The minimum absolute atomic E-state index is 0.329. The SMILES string of the molecule is Cn1c(=O)oc2cc(CCN)ccc21. The van der Waals surface area contributed by atoms with Gasteiger partial charge in [-0.25, -0.2) is 4.79 Å². The van der Waals surface area contributed by atoms with E-state index in [1.807, 2.05) is 18.2 Å². The molecule has 4 heteroatoms. The van der Waals surface area contributed by atoms with Crippen molar-refractivity contribution in [2.24, 2.45) is 12.8 Å². The number of hydrogen-bond acceptors (Lipinski definition) is 3. The molecule has 0 aliphatic carbocycles. The van der Waals surface area contributed by atoms with Gasteiger partial charge in [0.1, 0.15) is 0 Å². The van der Waals surface area contributed by atoms with E-state index in [1.54, 1.807) is 7.05 Å². The van der Waals surface area contributed by atoms with E-state index in [1.165, 1.54) is 4.57 Å². The molecule has 0 radical (unpaired) electrons. The Kier molecular flexibility index (Phi) is 2.13. The van der Waals surface area contributed by atoms with Gasteiger partial charge in [0.25, 0.3) is 0 Å². The van der Waals surface area contributed by atoms with E-state index in [9.17, 15) is 4.79 Å². The molecule has 0 saturated heterocycles. The fraction of sp³-hybridized carbons (Fsp3) is 0.300. The first-order valence-electron chi connectivity index (χ1n) is 4.51. The van der Waals surface area contributed by atoms with Crippen LogP contribution >= 0.6 is 0 Å². The standard InChI is InChI=1S/C10H12N2O2/c1-12-8-3-2-7(4-5-11)6-9(8)14-10(12)13/h2-3,6H,4-5,11H2,1H3. The molecule has 0 spiro atoms. The lowest BCUT2D eigenvalue weighted by Crippen LogP contribution is -2.08. The number of rotatable bonds is 2. The molecule has 0 aliphatic rings. The number of aryl methyl sites for hydroxylation is 1. The van der Waals surface area contributed by atoms with Crippen LogP contribution in [0.5, 0.6) is 0 Å². The van der Waals surface area contributed by atoms with Crippen molar-refractivity contribution in [3.05, 3.63) is 34.3 Å². The lowest BCUT2D eigenvalue weighted by Gasteiger charge is -1.97. The van der Waals surface area contributed by atoms with Crippen molar-refractivity contribution in [3.63, 3.8) is 0 Å². The third-order valence-electron chi connectivity index (χ3n) is 2.29. The zero-order valence-electron chi connectivity index (χ0n) is 7.99. The van der Waals surface area contributed by atoms with Crippen molar-refractivity contribution in [1.82, 2.24) is 4.57 Å². The molecule has 0 fully saturated rings. The smallest absolute Gasteiger partial charge is 0.408 e. The maximum absolute atomic E-state index is 11.2. The number of hydrogen-bond donors (Lipinski definition) is 1. The van der Waals surface area contributed by atoms with Crippen LogP contribution in [0.2, 0.25) is 0 Å². The second-order valence-corrected chi connectivity index (χ2v) is 3.27. The number of nitrogens with two attached hydrogens (primary N) is 1. The topological polar surface area (TPSA) is 61.2 Å². The minimum atomic E-state index is -0.329. The van der Waals surface area contributed by atoms with E-state index in [4.69, 9.17) is 10.2 Å². The molecule has 0 bridgehead atoms. The van der Waals surface area contributed by atoms with Crippen LogP contribution in [0.15, 0.2) is 27.4 Å². The third kappa shape index (κ3) is 1.33. The van der Waals surface area contributed by atoms with Crippen molar-refractivity contribution in [2.75, 3.05) is 6.54 Å². The molecule has 0 amide bonds. The lowest BCUT2D eigenvalue weighted by molar-refractivity contribution is 0.528. The Morgan fingerprint density at radius 3 is 3.00 bits per heavy atom. The van der Waals surface area contributed by atoms with Gasteiger partial charge in [0.05, 0.1) is 5.52 Å². The van der Waals surface area contributed by atoms with Gasteiger partial charge in [-0.05, 0) is 30.7 Å². The quantitative estimate of drug-likeness (QED) is 0.759. The summed E-state index contributed by atoms with van der Waals surface area (Å²) in [5.74, 6) is -0.329. The van der Waals surface area contributed by atoms with Crippen LogP contribution in [0.4, 0.5) is 0 Å². The molecular formula is C10H12N2O2. The number of fused-ring (bicyclic) bond motifs is 1. The van der Waals surface area contributed by atoms with Crippen LogP contribution in [0.25, 0.3) is 11.1 Å². The average molecular weight is 192 g/mol. The Bertz CT molecular complexity index is 510. The molecule has 2 rings (SSSR count). The van der Waals surface area contributed by atoms with E-state index in [-0.39, 0.29) is 5.76 Å². The Morgan fingerprint density at radius 2 is 2.29 bits per heavy atom. The molecule has 74 valence electrons. The van der Waals surface area contributed by atoms with Crippen LogP contribution in [0, 0.1) is 0 Å². The molecule has 14 heavy (non-hydrogen) atoms. The first-order valence-corrected chi connectivity index (χ1v) is 4.51. The van der Waals surface area contributed by atoms with E-state index in [0.29, 0.717) is 12.1 Å². The van der Waals surface area contributed by atoms with Crippen molar-refractivity contribution in [1.29, 1.82) is 0 Å². The van der Waals surface area contributed by atoms with Crippen molar-refractivity contribution in [3.8, 4) is 0 Å². The van der Waals surface area contributed by atoms with Crippen molar-refractivity contribution in [2.45, 2.75) is 6.42 Å². The van der Waals surface area contributed by atoms with E-state index < -0.39 is 0 Å². The highest BCUT2D eigenvalue weighted by molar-refractivity contribution is 5.73. The molecule has 1 aromatic heterocycles. The summed E-state index contributed by atoms with van der Waals surface area (Å²) in [6.45, 7) is 0.600. The first kappa shape index (κ1) is 9.02. The van der Waals surface area contributed by atoms with Gasteiger partial charge in [0.15, 0.2) is 5.58 Å². The molecule has 0 unspecified atom stereocenters. The summed E-state index contributed by atoms with van der Waals surface area (Å²) in [4.78, 5) is 11.2. The number of nitrogens with zero attached hydrogens (tertiary/aromatic N) is 1. The predicted molar refractivity (Wildman–Crippen MR) is 54.2 cm³/mol. The third-order valence-corrected chi connectivity index (χ3v) is 2.29. The predicted octanol–water partition coefficient (Wildman–Crippen LogP) is 0.633. The zero-order chi connectivity index (χ0) is 10.1. The summed E-state index contributed by atoms with van der Waals surface area (Å²) >= 11 is 0. The fourth-order valence-electron chi connectivity index (χ4n) is 1.50. The first-order chi connectivity index (χ1) is 6.72. The molecule has 2 N–H and O–H groups in total. The van der Waals surface area contributed by atoms with Gasteiger partial charge < -0.3 is 10.2 Å². The molecule has 1 heterocycles. The average Bonchev–Trinajstić information content (AvgIpc) is 2.43. The van der Waals surface area contributed by atoms with Crippen LogP contribution in [0.3, 0.4) is 0 Å². The minimum Gasteiger partial charge on any atom is -0.408 e. The normalized spacial score (nSPS) is 11.0. The summed E-state index contributed by atoms with van der Waals surface area (Å²) in [7, 11) is 1.69. The van der Waals surface area contributed by atoms with E-state index in [2.05, 4.69) is 0 Å². The fourth-order valence-corrected chi connectivity index (χ4v) is 1.50. The van der Waals surface area contributed by atoms with E-state index >= 15 is 0 Å². The Hall–Kier alpha value is -1.55. The number of benzene rings is 1. The maximum Gasteiger partial charge on any atom is 0.419 e. The molecule has 0 saturated carbocycles. The molecular weight excluding hydrogens is 180 g/mol. The Labute approximate surface area is 80.9 Å². The van der Waals surface area contributed by atoms with Crippen molar-refractivity contribution >= 4 is 11.1 Å². The second-order valence-electron chi connectivity index (χ2n) is 3.27. The van der Waals surface area contributed by atoms with Crippen LogP contribution in [-0.2, 0) is 13.5 Å². The summed E-state index contributed by atoms with van der Waals surface area (Å²) in [5.41, 5.74) is 7.98. The summed E-state index contributed by atoms with van der Waals surface area (Å²) in [6, 6.07) is 5.71. The van der Waals surface area contributed by atoms with Gasteiger partial charge in [0.2, 0.25) is 0 Å². The monoisotopic (exact) mass is 192 g/mol. The highest BCUT2D eigenvalue weighted by Crippen LogP contribution is 2.14. The van der Waals surface area contributed by atoms with E-state index in [0.717, 1.165) is 17.5 Å². The summed E-state index contributed by atoms with van der Waals surface area (Å²) < 4.78 is 6.54. The zero-order valence-corrected chi connectivity index (χ0v) is 7.99. The number of oxazole rings is 1. The summed E-state index contributed by atoms with van der Waals surface area (Å²) in [6.07, 6.45) is 0.800. The lowest BCUT2D eigenvalue weighted by atomic mass is 10.1. The maximum atomic E-state index is 11.2.